The van der Waals surface area contributed by atoms with Crippen molar-refractivity contribution >= 4 is 31.5 Å². The quantitative estimate of drug-likeness (QED) is 0.108. The van der Waals surface area contributed by atoms with Crippen LogP contribution in [0.2, 0.25) is 0 Å². The molecule has 0 N–H and O–H groups in total. The van der Waals surface area contributed by atoms with Gasteiger partial charge in [-0.15, -0.1) is 112 Å². The van der Waals surface area contributed by atoms with Crippen LogP contribution in [0.3, 0.4) is 0 Å². The van der Waals surface area contributed by atoms with Crippen molar-refractivity contribution in [3.05, 3.63) is 271 Å². The fraction of sp³-hybridized carbons (Fsp3) is 0.0597. The van der Waals surface area contributed by atoms with E-state index in [-0.39, 0.29) is 20.1 Å². The van der Waals surface area contributed by atoms with E-state index in [2.05, 4.69) is 204 Å². The average Bonchev–Trinajstić information content (AvgIpc) is 3.82. The number of hydrogen-bond donors (Lipinski definition) is 0. The number of hydrogen-bond acceptors (Lipinski definition) is 4. The van der Waals surface area contributed by atoms with E-state index in [0.717, 1.165) is 70.6 Å². The van der Waals surface area contributed by atoms with E-state index in [9.17, 15) is 0 Å². The molecule has 0 atom stereocenters. The van der Waals surface area contributed by atoms with Crippen LogP contribution in [0.4, 0.5) is 0 Å². The molecule has 0 saturated carbocycles. The molecule has 12 aromatic rings. The van der Waals surface area contributed by atoms with Gasteiger partial charge < -0.3 is 15.0 Å². The molecule has 0 amide bonds. The molecule has 0 fully saturated rings. The number of thiophene rings is 1. The molecule has 0 saturated heterocycles. The van der Waals surface area contributed by atoms with Crippen LogP contribution in [0.1, 0.15) is 22.3 Å². The normalized spacial score (nSPS) is 11.2. The Hall–Kier alpha value is -7.92. The van der Waals surface area contributed by atoms with Crippen LogP contribution >= 0.6 is 11.3 Å². The summed E-state index contributed by atoms with van der Waals surface area (Å²) in [7, 11) is 0. The van der Waals surface area contributed by atoms with E-state index in [1.54, 1.807) is 0 Å². The first kappa shape index (κ1) is 46.5. The zero-order chi connectivity index (χ0) is 47.3. The van der Waals surface area contributed by atoms with Gasteiger partial charge in [-0.1, -0.05) is 151 Å². The predicted molar refractivity (Wildman–Crippen MR) is 295 cm³/mol. The van der Waals surface area contributed by atoms with Gasteiger partial charge in [0.2, 0.25) is 0 Å². The molecular weight excluding hydrogens is 1070 g/mol. The Balaban J connectivity index is 0.00000560. The third kappa shape index (κ3) is 10.1. The second-order valence-electron chi connectivity index (χ2n) is 18.0. The summed E-state index contributed by atoms with van der Waals surface area (Å²) in [5.41, 5.74) is 20.4. The smallest absolute Gasteiger partial charge is 0.305 e. The minimum absolute atomic E-state index is 0. The van der Waals surface area contributed by atoms with Gasteiger partial charge in [0, 0.05) is 38.8 Å². The summed E-state index contributed by atoms with van der Waals surface area (Å²) >= 11 is 1.85. The monoisotopic (exact) mass is 1120 g/mol. The number of pyridine rings is 3. The van der Waals surface area contributed by atoms with Gasteiger partial charge in [-0.05, 0) is 105 Å². The molecular formula is C67H46IrN3S. The molecule has 344 valence electrons. The SMILES string of the molecule is [Ir+3].[c-]1cc(CCc2cc(CCc3c[c-]c(-c4ccccn4)cc3)cc(-c3ccccc3-c3c[c-]c(-c4cc(-c5ccc6c(c5)sc5cc(-c7ccccc7)ccc56)ccn4)cc3)c2)ccc1-c1ccccn1. The summed E-state index contributed by atoms with van der Waals surface area (Å²) in [6.07, 6.45) is 9.22. The number of aromatic nitrogens is 3. The second kappa shape index (κ2) is 21.2. The third-order valence-electron chi connectivity index (χ3n) is 13.4. The molecule has 0 bridgehead atoms. The molecule has 0 radical (unpaired) electrons. The van der Waals surface area contributed by atoms with E-state index < -0.39 is 0 Å². The number of aryl methyl sites for hydroxylation is 4. The molecule has 4 heterocycles. The third-order valence-corrected chi connectivity index (χ3v) is 14.5. The maximum atomic E-state index is 4.83. The van der Waals surface area contributed by atoms with Gasteiger partial charge >= 0.3 is 20.1 Å². The first-order chi connectivity index (χ1) is 35.1. The average molecular weight is 1120 g/mol. The van der Waals surface area contributed by atoms with Crippen molar-refractivity contribution in [2.75, 3.05) is 0 Å². The van der Waals surface area contributed by atoms with Gasteiger partial charge in [0.05, 0.1) is 0 Å². The molecule has 0 spiro atoms. The number of nitrogens with zero attached hydrogens (tertiary/aromatic N) is 3. The first-order valence-corrected chi connectivity index (χ1v) is 25.0. The van der Waals surface area contributed by atoms with E-state index in [1.807, 2.05) is 66.3 Å². The molecule has 5 heteroatoms. The topological polar surface area (TPSA) is 38.7 Å². The summed E-state index contributed by atoms with van der Waals surface area (Å²) < 4.78 is 2.58. The van der Waals surface area contributed by atoms with Crippen molar-refractivity contribution in [1.29, 1.82) is 0 Å². The fourth-order valence-electron chi connectivity index (χ4n) is 9.63. The van der Waals surface area contributed by atoms with Gasteiger partial charge in [0.15, 0.2) is 0 Å². The Morgan fingerprint density at radius 1 is 0.319 bits per heavy atom. The second-order valence-corrected chi connectivity index (χ2v) is 19.1. The summed E-state index contributed by atoms with van der Waals surface area (Å²) in [4.78, 5) is 13.9. The van der Waals surface area contributed by atoms with Crippen LogP contribution in [0.25, 0.3) is 98.5 Å². The summed E-state index contributed by atoms with van der Waals surface area (Å²) in [6.45, 7) is 0. The Morgan fingerprint density at radius 3 is 1.36 bits per heavy atom. The Labute approximate surface area is 439 Å². The van der Waals surface area contributed by atoms with Crippen LogP contribution in [-0.2, 0) is 45.8 Å². The van der Waals surface area contributed by atoms with Crippen LogP contribution in [0, 0.1) is 18.2 Å². The molecule has 8 aromatic carbocycles. The zero-order valence-corrected chi connectivity index (χ0v) is 42.6. The molecule has 0 unspecified atom stereocenters. The van der Waals surface area contributed by atoms with E-state index in [0.29, 0.717) is 0 Å². The van der Waals surface area contributed by atoms with Gasteiger partial charge in [-0.3, -0.25) is 0 Å². The van der Waals surface area contributed by atoms with Crippen molar-refractivity contribution in [2.45, 2.75) is 25.7 Å². The Bertz CT molecular complexity index is 3670. The number of benzene rings is 8. The maximum absolute atomic E-state index is 4.83. The zero-order valence-electron chi connectivity index (χ0n) is 39.4. The van der Waals surface area contributed by atoms with Crippen LogP contribution in [-0.4, -0.2) is 15.0 Å². The van der Waals surface area contributed by atoms with E-state index in [1.165, 1.54) is 75.8 Å². The Kier molecular flexibility index (Phi) is 13.7. The van der Waals surface area contributed by atoms with Gasteiger partial charge in [-0.2, -0.15) is 0 Å². The standard InChI is InChI=1S/C67H46N3S.Ir/c1-2-10-50(11-3-1)55-32-34-61-62-35-33-56(45-67(62)71-66(61)44-55)57-36-39-70-65(43-57)54-30-28-51(29-31-54)59-12-4-5-13-60(59)58-41-48(18-16-46-20-24-52(25-21-46)63-14-6-8-37-68-63)40-49(42-58)19-17-47-22-26-53(27-23-47)64-15-7-9-38-69-64;/h1-15,20-24,26,28-30,32-45H,16-19H2;/q-3;+3. The summed E-state index contributed by atoms with van der Waals surface area (Å²) in [6, 6.07) is 86.5. The molecule has 0 aliphatic carbocycles. The van der Waals surface area contributed by atoms with Crippen LogP contribution < -0.4 is 0 Å². The minimum atomic E-state index is 0. The molecule has 0 aliphatic rings. The fourth-order valence-corrected chi connectivity index (χ4v) is 10.8. The van der Waals surface area contributed by atoms with E-state index in [4.69, 9.17) is 4.98 Å². The number of rotatable bonds is 13. The van der Waals surface area contributed by atoms with Crippen molar-refractivity contribution < 1.29 is 20.1 Å². The minimum Gasteiger partial charge on any atom is -0.305 e. The van der Waals surface area contributed by atoms with Crippen LogP contribution in [0.5, 0.6) is 0 Å². The Morgan fingerprint density at radius 2 is 0.806 bits per heavy atom. The molecule has 12 rings (SSSR count). The van der Waals surface area contributed by atoms with Gasteiger partial charge in [0.25, 0.3) is 0 Å². The van der Waals surface area contributed by atoms with Crippen molar-refractivity contribution in [2.24, 2.45) is 0 Å². The van der Waals surface area contributed by atoms with Crippen molar-refractivity contribution in [3.63, 3.8) is 0 Å². The van der Waals surface area contributed by atoms with Crippen molar-refractivity contribution in [1.82, 2.24) is 15.0 Å². The summed E-state index contributed by atoms with van der Waals surface area (Å²) in [5.74, 6) is 0. The first-order valence-electron chi connectivity index (χ1n) is 24.2. The molecule has 4 aromatic heterocycles. The largest absolute Gasteiger partial charge is 3.00 e. The van der Waals surface area contributed by atoms with Gasteiger partial charge in [0.1, 0.15) is 0 Å². The predicted octanol–water partition coefficient (Wildman–Crippen LogP) is 16.9. The van der Waals surface area contributed by atoms with Crippen molar-refractivity contribution in [3.8, 4) is 78.3 Å². The van der Waals surface area contributed by atoms with E-state index >= 15 is 0 Å². The van der Waals surface area contributed by atoms with Crippen LogP contribution in [0.15, 0.2) is 231 Å². The maximum Gasteiger partial charge on any atom is 3.00 e. The summed E-state index contributed by atoms with van der Waals surface area (Å²) in [5, 5.41) is 2.59. The molecule has 3 nitrogen and oxygen atoms in total. The molecule has 0 aliphatic heterocycles. The van der Waals surface area contributed by atoms with Gasteiger partial charge in [-0.25, -0.2) is 0 Å². The molecule has 72 heavy (non-hydrogen) atoms. The number of fused-ring (bicyclic) bond motifs is 3.